The molecule has 1 amide bonds. The minimum atomic E-state index is -0.000113. The summed E-state index contributed by atoms with van der Waals surface area (Å²) in [5, 5.41) is 6.20. The van der Waals surface area contributed by atoms with E-state index in [-0.39, 0.29) is 18.3 Å². The van der Waals surface area contributed by atoms with Crippen molar-refractivity contribution in [3.8, 4) is 5.75 Å². The van der Waals surface area contributed by atoms with Crippen molar-refractivity contribution in [1.82, 2.24) is 5.32 Å². The molecule has 0 unspecified atom stereocenters. The van der Waals surface area contributed by atoms with Crippen molar-refractivity contribution in [2.45, 2.75) is 26.4 Å². The summed E-state index contributed by atoms with van der Waals surface area (Å²) >= 11 is 0. The number of halogens is 1. The molecule has 134 valence electrons. The Morgan fingerprint density at radius 1 is 1.12 bits per heavy atom. The lowest BCUT2D eigenvalue weighted by atomic mass is 10.1. The zero-order valence-corrected chi connectivity index (χ0v) is 15.3. The van der Waals surface area contributed by atoms with Gasteiger partial charge in [-0.05, 0) is 61.6 Å². The van der Waals surface area contributed by atoms with Gasteiger partial charge >= 0.3 is 0 Å². The molecule has 0 heterocycles. The van der Waals surface area contributed by atoms with Crippen molar-refractivity contribution in [3.63, 3.8) is 0 Å². The first-order valence-corrected chi connectivity index (χ1v) is 8.49. The molecule has 0 bridgehead atoms. The van der Waals surface area contributed by atoms with Gasteiger partial charge in [-0.3, -0.25) is 4.79 Å². The van der Waals surface area contributed by atoms with Gasteiger partial charge in [0.15, 0.2) is 0 Å². The van der Waals surface area contributed by atoms with Crippen LogP contribution >= 0.6 is 12.4 Å². The van der Waals surface area contributed by atoms with Gasteiger partial charge in [0.25, 0.3) is 0 Å². The third kappa shape index (κ3) is 6.07. The minimum absolute atomic E-state index is 0. The van der Waals surface area contributed by atoms with Gasteiger partial charge in [-0.15, -0.1) is 12.4 Å². The highest BCUT2D eigenvalue weighted by atomic mass is 35.5. The Morgan fingerprint density at radius 2 is 1.88 bits per heavy atom. The molecule has 1 aliphatic rings. The van der Waals surface area contributed by atoms with E-state index in [4.69, 9.17) is 4.74 Å². The van der Waals surface area contributed by atoms with Gasteiger partial charge in [-0.1, -0.05) is 30.3 Å². The van der Waals surface area contributed by atoms with Gasteiger partial charge in [0.2, 0.25) is 5.91 Å². The van der Waals surface area contributed by atoms with Gasteiger partial charge in [-0.2, -0.15) is 0 Å². The van der Waals surface area contributed by atoms with E-state index in [0.717, 1.165) is 35.0 Å². The molecule has 1 saturated carbocycles. The third-order valence-electron chi connectivity index (χ3n) is 4.27. The van der Waals surface area contributed by atoms with E-state index in [9.17, 15) is 4.79 Å². The number of amides is 1. The average Bonchev–Trinajstić information content (AvgIpc) is 3.41. The van der Waals surface area contributed by atoms with Gasteiger partial charge in [0, 0.05) is 5.69 Å². The van der Waals surface area contributed by atoms with Crippen LogP contribution in [0.3, 0.4) is 0 Å². The van der Waals surface area contributed by atoms with Crippen LogP contribution < -0.4 is 15.4 Å². The molecule has 25 heavy (non-hydrogen) atoms. The summed E-state index contributed by atoms with van der Waals surface area (Å²) in [6, 6.07) is 15.6. The first kappa shape index (κ1) is 19.3. The van der Waals surface area contributed by atoms with Crippen molar-refractivity contribution < 1.29 is 9.53 Å². The summed E-state index contributed by atoms with van der Waals surface area (Å²) in [5.74, 6) is 1.62. The molecule has 4 nitrogen and oxygen atoms in total. The largest absolute Gasteiger partial charge is 0.489 e. The fourth-order valence-electron chi connectivity index (χ4n) is 2.56. The van der Waals surface area contributed by atoms with Crippen LogP contribution in [-0.2, 0) is 11.4 Å². The van der Waals surface area contributed by atoms with Gasteiger partial charge < -0.3 is 15.4 Å². The Labute approximate surface area is 155 Å². The van der Waals surface area contributed by atoms with E-state index in [1.54, 1.807) is 0 Å². The standard InChI is InChI=1S/C20H24N2O2.ClH/c1-15-17(14-24-18-7-3-2-4-8-18)6-5-9-19(15)22-20(23)13-21-12-16-10-11-16;/h2-9,16,21H,10-14H2,1H3,(H,22,23);1H. The number of carbonyl (C=O) groups is 1. The Kier molecular flexibility index (Phi) is 7.29. The smallest absolute Gasteiger partial charge is 0.238 e. The van der Waals surface area contributed by atoms with Crippen LogP contribution in [-0.4, -0.2) is 19.0 Å². The van der Waals surface area contributed by atoms with Gasteiger partial charge in [0.1, 0.15) is 12.4 Å². The predicted octanol–water partition coefficient (Wildman–Crippen LogP) is 3.93. The van der Waals surface area contributed by atoms with Crippen LogP contribution in [0.4, 0.5) is 5.69 Å². The Hall–Kier alpha value is -2.04. The summed E-state index contributed by atoms with van der Waals surface area (Å²) in [4.78, 5) is 12.1. The summed E-state index contributed by atoms with van der Waals surface area (Å²) in [7, 11) is 0. The van der Waals surface area contributed by atoms with Crippen molar-refractivity contribution in [2.75, 3.05) is 18.4 Å². The van der Waals surface area contributed by atoms with E-state index in [2.05, 4.69) is 10.6 Å². The molecule has 0 atom stereocenters. The number of ether oxygens (including phenoxy) is 1. The Morgan fingerprint density at radius 3 is 2.60 bits per heavy atom. The highest BCUT2D eigenvalue weighted by Gasteiger charge is 2.20. The summed E-state index contributed by atoms with van der Waals surface area (Å²) in [6.45, 7) is 3.80. The van der Waals surface area contributed by atoms with Crippen molar-refractivity contribution in [3.05, 3.63) is 59.7 Å². The molecule has 0 radical (unpaired) electrons. The van der Waals surface area contributed by atoms with Crippen LogP contribution in [0.15, 0.2) is 48.5 Å². The quantitative estimate of drug-likeness (QED) is 0.749. The highest BCUT2D eigenvalue weighted by Crippen LogP contribution is 2.27. The molecule has 0 spiro atoms. The maximum absolute atomic E-state index is 12.1. The van der Waals surface area contributed by atoms with Crippen LogP contribution in [0, 0.1) is 12.8 Å². The fraction of sp³-hybridized carbons (Fsp3) is 0.350. The second-order valence-corrected chi connectivity index (χ2v) is 6.31. The topological polar surface area (TPSA) is 50.4 Å². The number of hydrogen-bond acceptors (Lipinski definition) is 3. The monoisotopic (exact) mass is 360 g/mol. The van der Waals surface area contributed by atoms with E-state index in [0.29, 0.717) is 13.2 Å². The molecule has 0 aliphatic heterocycles. The molecule has 5 heteroatoms. The lowest BCUT2D eigenvalue weighted by Gasteiger charge is -2.13. The summed E-state index contributed by atoms with van der Waals surface area (Å²) < 4.78 is 5.81. The Balaban J connectivity index is 0.00000225. The number of benzene rings is 2. The second kappa shape index (κ2) is 9.44. The molecule has 1 aliphatic carbocycles. The molecular formula is C20H25ClN2O2. The first-order chi connectivity index (χ1) is 11.7. The number of hydrogen-bond donors (Lipinski definition) is 2. The fourth-order valence-corrected chi connectivity index (χ4v) is 2.56. The normalized spacial score (nSPS) is 13.0. The van der Waals surface area contributed by atoms with Crippen molar-refractivity contribution in [2.24, 2.45) is 5.92 Å². The maximum atomic E-state index is 12.1. The maximum Gasteiger partial charge on any atom is 0.238 e. The SMILES string of the molecule is Cc1c(COc2ccccc2)cccc1NC(=O)CNCC1CC1.Cl. The number of nitrogens with one attached hydrogen (secondary N) is 2. The van der Waals surface area contributed by atoms with Crippen LogP contribution in [0.5, 0.6) is 5.75 Å². The lowest BCUT2D eigenvalue weighted by Crippen LogP contribution is -2.29. The molecular weight excluding hydrogens is 336 g/mol. The van der Waals surface area contributed by atoms with Crippen LogP contribution in [0.1, 0.15) is 24.0 Å². The zero-order valence-electron chi connectivity index (χ0n) is 14.5. The number of rotatable bonds is 8. The molecule has 0 saturated heterocycles. The van der Waals surface area contributed by atoms with Crippen molar-refractivity contribution >= 4 is 24.0 Å². The zero-order chi connectivity index (χ0) is 16.8. The number of para-hydroxylation sites is 1. The molecule has 2 aromatic carbocycles. The van der Waals surface area contributed by atoms with Crippen LogP contribution in [0.2, 0.25) is 0 Å². The second-order valence-electron chi connectivity index (χ2n) is 6.31. The van der Waals surface area contributed by atoms with Crippen LogP contribution in [0.25, 0.3) is 0 Å². The molecule has 2 N–H and O–H groups in total. The van der Waals surface area contributed by atoms with E-state index in [1.165, 1.54) is 12.8 Å². The molecule has 1 fully saturated rings. The third-order valence-corrected chi connectivity index (χ3v) is 4.27. The number of anilines is 1. The van der Waals surface area contributed by atoms with E-state index in [1.807, 2.05) is 55.5 Å². The lowest BCUT2D eigenvalue weighted by molar-refractivity contribution is -0.115. The summed E-state index contributed by atoms with van der Waals surface area (Å²) in [5.41, 5.74) is 2.97. The molecule has 0 aromatic heterocycles. The summed E-state index contributed by atoms with van der Waals surface area (Å²) in [6.07, 6.45) is 2.58. The minimum Gasteiger partial charge on any atom is -0.489 e. The Bertz CT molecular complexity index is 687. The predicted molar refractivity (Wildman–Crippen MR) is 103 cm³/mol. The number of carbonyl (C=O) groups excluding carboxylic acids is 1. The average molecular weight is 361 g/mol. The van der Waals surface area contributed by atoms with E-state index >= 15 is 0 Å². The van der Waals surface area contributed by atoms with Gasteiger partial charge in [-0.25, -0.2) is 0 Å². The molecule has 3 rings (SSSR count). The van der Waals surface area contributed by atoms with Gasteiger partial charge in [0.05, 0.1) is 6.54 Å². The van der Waals surface area contributed by atoms with E-state index < -0.39 is 0 Å². The highest BCUT2D eigenvalue weighted by molar-refractivity contribution is 5.93. The molecule has 2 aromatic rings. The van der Waals surface area contributed by atoms with Crippen molar-refractivity contribution in [1.29, 1.82) is 0 Å². The first-order valence-electron chi connectivity index (χ1n) is 8.49.